The first-order valence-electron chi connectivity index (χ1n) is 4.31. The van der Waals surface area contributed by atoms with Gasteiger partial charge in [-0.05, 0) is 24.6 Å². The van der Waals surface area contributed by atoms with Gasteiger partial charge in [0, 0.05) is 0 Å². The molecule has 0 saturated heterocycles. The number of carbonyl (C=O) groups is 1. The molecule has 1 aromatic carbocycles. The molecule has 0 aliphatic heterocycles. The van der Waals surface area contributed by atoms with Crippen molar-refractivity contribution in [3.05, 3.63) is 28.8 Å². The summed E-state index contributed by atoms with van der Waals surface area (Å²) in [5, 5.41) is 8.85. The lowest BCUT2D eigenvalue weighted by Crippen LogP contribution is -2.05. The van der Waals surface area contributed by atoms with E-state index in [1.54, 1.807) is 13.0 Å². The zero-order valence-electron chi connectivity index (χ0n) is 8.83. The minimum Gasteiger partial charge on any atom is -0.496 e. The topological polar surface area (TPSA) is 59.3 Å². The molecule has 0 aliphatic carbocycles. The van der Waals surface area contributed by atoms with Crippen LogP contribution in [0.15, 0.2) is 12.1 Å². The van der Waals surface area contributed by atoms with Crippen molar-refractivity contribution < 1.29 is 14.3 Å². The molecular weight excluding hydrogens is 194 g/mol. The molecule has 0 aromatic heterocycles. The van der Waals surface area contributed by atoms with Crippen molar-refractivity contribution in [3.63, 3.8) is 0 Å². The molecule has 1 rings (SSSR count). The van der Waals surface area contributed by atoms with E-state index in [4.69, 9.17) is 10.00 Å². The highest BCUT2D eigenvalue weighted by Crippen LogP contribution is 2.23. The molecule has 1 aromatic rings. The summed E-state index contributed by atoms with van der Waals surface area (Å²) in [6, 6.07) is 5.06. The van der Waals surface area contributed by atoms with Gasteiger partial charge < -0.3 is 9.47 Å². The maximum Gasteiger partial charge on any atom is 0.339 e. The Labute approximate surface area is 88.0 Å². The number of methoxy groups -OCH3 is 2. The summed E-state index contributed by atoms with van der Waals surface area (Å²) in [5.41, 5.74) is 1.32. The van der Waals surface area contributed by atoms with Crippen molar-refractivity contribution in [3.8, 4) is 11.8 Å². The number of benzene rings is 1. The first-order valence-corrected chi connectivity index (χ1v) is 4.31. The van der Waals surface area contributed by atoms with Gasteiger partial charge in [0.15, 0.2) is 0 Å². The van der Waals surface area contributed by atoms with Crippen LogP contribution < -0.4 is 4.74 Å². The summed E-state index contributed by atoms with van der Waals surface area (Å²) in [6.45, 7) is 1.81. The second-order valence-electron chi connectivity index (χ2n) is 2.97. The summed E-state index contributed by atoms with van der Waals surface area (Å²) < 4.78 is 9.64. The van der Waals surface area contributed by atoms with Gasteiger partial charge in [-0.1, -0.05) is 0 Å². The molecule has 0 heterocycles. The fourth-order valence-electron chi connectivity index (χ4n) is 1.28. The van der Waals surface area contributed by atoms with Crippen molar-refractivity contribution >= 4 is 5.97 Å². The molecule has 0 unspecified atom stereocenters. The summed E-state index contributed by atoms with van der Waals surface area (Å²) in [6.07, 6.45) is 0. The number of ether oxygens (including phenoxy) is 2. The largest absolute Gasteiger partial charge is 0.496 e. The fraction of sp³-hybridized carbons (Fsp3) is 0.273. The third-order valence-corrected chi connectivity index (χ3v) is 2.06. The Bertz CT molecular complexity index is 432. The van der Waals surface area contributed by atoms with Crippen LogP contribution in [0.25, 0.3) is 0 Å². The van der Waals surface area contributed by atoms with Gasteiger partial charge in [-0.15, -0.1) is 0 Å². The predicted molar refractivity (Wildman–Crippen MR) is 53.8 cm³/mol. The lowest BCUT2D eigenvalue weighted by atomic mass is 10.0. The molecule has 0 N–H and O–H groups in total. The summed E-state index contributed by atoms with van der Waals surface area (Å²) in [4.78, 5) is 11.3. The number of esters is 1. The molecule has 0 aliphatic rings. The van der Waals surface area contributed by atoms with Crippen LogP contribution in [0.5, 0.6) is 5.75 Å². The highest BCUT2D eigenvalue weighted by Gasteiger charge is 2.14. The number of nitrogens with zero attached hydrogens (tertiary/aromatic N) is 1. The van der Waals surface area contributed by atoms with Gasteiger partial charge >= 0.3 is 5.97 Å². The lowest BCUT2D eigenvalue weighted by Gasteiger charge is -2.08. The maximum atomic E-state index is 11.3. The number of nitriles is 1. The van der Waals surface area contributed by atoms with Crippen LogP contribution in [-0.2, 0) is 4.74 Å². The average Bonchev–Trinajstić information content (AvgIpc) is 2.27. The average molecular weight is 205 g/mol. The Morgan fingerprint density at radius 1 is 1.40 bits per heavy atom. The number of rotatable bonds is 2. The molecule has 4 heteroatoms. The molecule has 15 heavy (non-hydrogen) atoms. The predicted octanol–water partition coefficient (Wildman–Crippen LogP) is 1.66. The van der Waals surface area contributed by atoms with Crippen molar-refractivity contribution in [1.29, 1.82) is 5.26 Å². The van der Waals surface area contributed by atoms with Crippen LogP contribution in [0.3, 0.4) is 0 Å². The van der Waals surface area contributed by atoms with Crippen LogP contribution >= 0.6 is 0 Å². The molecule has 0 atom stereocenters. The van der Waals surface area contributed by atoms with Crippen LogP contribution in [-0.4, -0.2) is 20.2 Å². The van der Waals surface area contributed by atoms with Gasteiger partial charge in [0.2, 0.25) is 0 Å². The van der Waals surface area contributed by atoms with Crippen molar-refractivity contribution in [1.82, 2.24) is 0 Å². The Kier molecular flexibility index (Phi) is 3.29. The Morgan fingerprint density at radius 2 is 2.07 bits per heavy atom. The summed E-state index contributed by atoms with van der Waals surface area (Å²) >= 11 is 0. The molecule has 0 amide bonds. The number of carbonyl (C=O) groups excluding carboxylic acids is 1. The van der Waals surface area contributed by atoms with Crippen LogP contribution in [0.2, 0.25) is 0 Å². The van der Waals surface area contributed by atoms with Crippen molar-refractivity contribution in [2.45, 2.75) is 6.92 Å². The normalized spacial score (nSPS) is 9.20. The standard InChI is InChI=1S/C11H11NO3/c1-7-4-8(6-12)9(11(13)15-3)5-10(7)14-2/h4-5H,1-3H3. The third-order valence-electron chi connectivity index (χ3n) is 2.06. The Balaban J connectivity index is 3.37. The van der Waals surface area contributed by atoms with Gasteiger partial charge in [0.05, 0.1) is 25.3 Å². The lowest BCUT2D eigenvalue weighted by molar-refractivity contribution is 0.0600. The summed E-state index contributed by atoms with van der Waals surface area (Å²) in [5.74, 6) is 0.0271. The van der Waals surface area contributed by atoms with Gasteiger partial charge in [0.1, 0.15) is 11.8 Å². The monoisotopic (exact) mass is 205 g/mol. The number of aryl methyl sites for hydroxylation is 1. The van der Waals surface area contributed by atoms with Crippen LogP contribution in [0, 0.1) is 18.3 Å². The Morgan fingerprint density at radius 3 is 2.53 bits per heavy atom. The molecule has 4 nitrogen and oxygen atoms in total. The second kappa shape index (κ2) is 4.47. The van der Waals surface area contributed by atoms with E-state index in [-0.39, 0.29) is 5.56 Å². The van der Waals surface area contributed by atoms with E-state index in [1.807, 2.05) is 6.07 Å². The number of hydrogen-bond acceptors (Lipinski definition) is 4. The molecule has 0 fully saturated rings. The fourth-order valence-corrected chi connectivity index (χ4v) is 1.28. The minimum absolute atomic E-state index is 0.224. The highest BCUT2D eigenvalue weighted by atomic mass is 16.5. The molecule has 0 bridgehead atoms. The van der Waals surface area contributed by atoms with E-state index in [1.165, 1.54) is 20.3 Å². The summed E-state index contributed by atoms with van der Waals surface area (Å²) in [7, 11) is 2.78. The molecular formula is C11H11NO3. The molecule has 0 radical (unpaired) electrons. The second-order valence-corrected chi connectivity index (χ2v) is 2.97. The van der Waals surface area contributed by atoms with E-state index < -0.39 is 5.97 Å². The first-order chi connectivity index (χ1) is 7.13. The minimum atomic E-state index is -0.537. The quantitative estimate of drug-likeness (QED) is 0.689. The van der Waals surface area contributed by atoms with E-state index in [0.717, 1.165) is 5.56 Å². The maximum absolute atomic E-state index is 11.3. The van der Waals surface area contributed by atoms with E-state index in [9.17, 15) is 4.79 Å². The zero-order chi connectivity index (χ0) is 11.4. The van der Waals surface area contributed by atoms with Gasteiger partial charge in [-0.3, -0.25) is 0 Å². The first kappa shape index (κ1) is 11.1. The molecule has 78 valence electrons. The molecule has 0 spiro atoms. The number of hydrogen-bond donors (Lipinski definition) is 0. The van der Waals surface area contributed by atoms with Crippen molar-refractivity contribution in [2.75, 3.05) is 14.2 Å². The van der Waals surface area contributed by atoms with Crippen LogP contribution in [0.1, 0.15) is 21.5 Å². The zero-order valence-corrected chi connectivity index (χ0v) is 8.83. The Hall–Kier alpha value is -2.02. The van der Waals surface area contributed by atoms with E-state index in [2.05, 4.69) is 4.74 Å². The van der Waals surface area contributed by atoms with Gasteiger partial charge in [-0.25, -0.2) is 4.79 Å². The molecule has 0 saturated carbocycles. The third kappa shape index (κ3) is 2.08. The van der Waals surface area contributed by atoms with Crippen LogP contribution in [0.4, 0.5) is 0 Å². The van der Waals surface area contributed by atoms with E-state index in [0.29, 0.717) is 11.3 Å². The van der Waals surface area contributed by atoms with Crippen molar-refractivity contribution in [2.24, 2.45) is 0 Å². The SMILES string of the molecule is COC(=O)c1cc(OC)c(C)cc1C#N. The van der Waals surface area contributed by atoms with E-state index >= 15 is 0 Å². The highest BCUT2D eigenvalue weighted by molar-refractivity contribution is 5.92. The smallest absolute Gasteiger partial charge is 0.339 e. The van der Waals surface area contributed by atoms with Gasteiger partial charge in [-0.2, -0.15) is 5.26 Å². The van der Waals surface area contributed by atoms with Gasteiger partial charge in [0.25, 0.3) is 0 Å².